The third-order valence-electron chi connectivity index (χ3n) is 4.07. The minimum atomic E-state index is -4.92. The van der Waals surface area contributed by atoms with Gasteiger partial charge in [-0.2, -0.15) is 4.58 Å². The third-order valence-corrected chi connectivity index (χ3v) is 4.07. The Kier molecular flexibility index (Phi) is 4.70. The number of rotatable bonds is 1. The van der Waals surface area contributed by atoms with Crippen molar-refractivity contribution in [3.05, 3.63) is 60.2 Å². The number of fused-ring (bicyclic) bond motifs is 1. The zero-order valence-electron chi connectivity index (χ0n) is 13.2. The van der Waals surface area contributed by atoms with E-state index in [0.29, 0.717) is 0 Å². The molecule has 0 atom stereocenters. The zero-order chi connectivity index (χ0) is 17.3. The van der Waals surface area contributed by atoms with E-state index in [2.05, 4.69) is 79.9 Å². The first-order valence-electron chi connectivity index (χ1n) is 7.09. The van der Waals surface area contributed by atoms with Gasteiger partial charge in [-0.05, 0) is 13.8 Å². The van der Waals surface area contributed by atoms with Crippen LogP contribution in [0, 0.1) is 0 Å². The van der Waals surface area contributed by atoms with E-state index in [0.717, 1.165) is 0 Å². The molecule has 0 unspecified atom stereocenters. The quantitative estimate of drug-likeness (QED) is 0.493. The Morgan fingerprint density at radius 3 is 2.04 bits per heavy atom. The predicted molar refractivity (Wildman–Crippen MR) is 90.4 cm³/mol. The molecule has 0 bridgehead atoms. The summed E-state index contributed by atoms with van der Waals surface area (Å²) in [4.78, 5) is 0. The van der Waals surface area contributed by atoms with Gasteiger partial charge in [0, 0.05) is 30.7 Å². The van der Waals surface area contributed by atoms with Gasteiger partial charge in [0.2, 0.25) is 21.8 Å². The first-order valence-corrected chi connectivity index (χ1v) is 8.46. The molecular weight excluding hydrogens is 314 g/mol. The molecule has 0 aromatic heterocycles. The van der Waals surface area contributed by atoms with Gasteiger partial charge in [0.15, 0.2) is 5.71 Å². The zero-order valence-corrected chi connectivity index (χ0v) is 14.0. The van der Waals surface area contributed by atoms with Crippen molar-refractivity contribution in [1.29, 1.82) is 0 Å². The average molecular weight is 333 g/mol. The summed E-state index contributed by atoms with van der Waals surface area (Å²) in [7, 11) is -4.92. The van der Waals surface area contributed by atoms with E-state index in [-0.39, 0.29) is 5.41 Å². The molecule has 0 saturated heterocycles. The molecule has 0 saturated carbocycles. The second-order valence-corrected chi connectivity index (χ2v) is 6.68. The molecular formula is C17H19NO4S. The molecule has 0 fully saturated rings. The van der Waals surface area contributed by atoms with Gasteiger partial charge in [-0.3, -0.25) is 4.55 Å². The van der Waals surface area contributed by atoms with Gasteiger partial charge in [0.05, 0.1) is 5.41 Å². The Bertz CT molecular complexity index is 832. The highest BCUT2D eigenvalue weighted by atomic mass is 32.3. The van der Waals surface area contributed by atoms with Crippen LogP contribution < -0.4 is 4.58 Å². The van der Waals surface area contributed by atoms with Crippen LogP contribution in [-0.4, -0.2) is 23.2 Å². The molecule has 3 rings (SSSR count). The van der Waals surface area contributed by atoms with Crippen LogP contribution in [0.15, 0.2) is 54.6 Å². The molecule has 2 aromatic rings. The van der Waals surface area contributed by atoms with Gasteiger partial charge in [-0.1, -0.05) is 36.4 Å². The van der Waals surface area contributed by atoms with Crippen molar-refractivity contribution >= 4 is 27.5 Å². The van der Waals surface area contributed by atoms with Crippen LogP contribution in [0.2, 0.25) is 0 Å². The molecule has 6 heteroatoms. The second kappa shape index (κ2) is 6.23. The SMILES string of the molecule is CC1=[N+](c2ccccc2)c2ccccc2C1(C)C.O=S(=O)([O-])O. The van der Waals surface area contributed by atoms with Crippen molar-refractivity contribution in [2.24, 2.45) is 0 Å². The Labute approximate surface area is 136 Å². The number of hydrogen-bond acceptors (Lipinski definition) is 3. The number of para-hydroxylation sites is 2. The van der Waals surface area contributed by atoms with Crippen molar-refractivity contribution in [3.8, 4) is 0 Å². The summed E-state index contributed by atoms with van der Waals surface area (Å²) < 4.78 is 35.2. The molecule has 23 heavy (non-hydrogen) atoms. The van der Waals surface area contributed by atoms with Crippen LogP contribution in [0.1, 0.15) is 26.3 Å². The summed E-state index contributed by atoms with van der Waals surface area (Å²) in [5.74, 6) is 0. The van der Waals surface area contributed by atoms with Crippen LogP contribution in [0.3, 0.4) is 0 Å². The van der Waals surface area contributed by atoms with Crippen molar-refractivity contribution in [2.45, 2.75) is 26.2 Å². The summed E-state index contributed by atoms with van der Waals surface area (Å²) in [5.41, 5.74) is 5.45. The van der Waals surface area contributed by atoms with Gasteiger partial charge in [-0.25, -0.2) is 8.42 Å². The van der Waals surface area contributed by atoms with E-state index in [1.54, 1.807) is 0 Å². The van der Waals surface area contributed by atoms with E-state index in [4.69, 9.17) is 17.5 Å². The highest BCUT2D eigenvalue weighted by Gasteiger charge is 2.43. The molecule has 5 nitrogen and oxygen atoms in total. The van der Waals surface area contributed by atoms with Crippen LogP contribution >= 0.6 is 0 Å². The normalized spacial score (nSPS) is 15.7. The lowest BCUT2D eigenvalue weighted by molar-refractivity contribution is 0.366. The maximum Gasteiger partial charge on any atom is 0.215 e. The fourth-order valence-electron chi connectivity index (χ4n) is 2.76. The fourth-order valence-corrected chi connectivity index (χ4v) is 2.76. The van der Waals surface area contributed by atoms with Crippen molar-refractivity contribution in [3.63, 3.8) is 0 Å². The Balaban J connectivity index is 0.000000338. The highest BCUT2D eigenvalue weighted by molar-refractivity contribution is 7.79. The number of benzene rings is 2. The lowest BCUT2D eigenvalue weighted by Crippen LogP contribution is -2.26. The van der Waals surface area contributed by atoms with Crippen molar-refractivity contribution in [1.82, 2.24) is 4.58 Å². The first-order chi connectivity index (χ1) is 10.6. The summed E-state index contributed by atoms with van der Waals surface area (Å²) in [6.45, 7) is 6.82. The Hall–Kier alpha value is -2.02. The minimum Gasteiger partial charge on any atom is -0.726 e. The first kappa shape index (κ1) is 17.3. The number of nitrogens with zero attached hydrogens (tertiary/aromatic N) is 1. The second-order valence-electron chi connectivity index (χ2n) is 5.83. The number of hydrogen-bond donors (Lipinski definition) is 1. The molecule has 0 spiro atoms. The highest BCUT2D eigenvalue weighted by Crippen LogP contribution is 2.40. The molecule has 0 aliphatic carbocycles. The van der Waals surface area contributed by atoms with Crippen LogP contribution in [0.25, 0.3) is 0 Å². The van der Waals surface area contributed by atoms with Gasteiger partial charge in [0.25, 0.3) is 0 Å². The van der Waals surface area contributed by atoms with Crippen molar-refractivity contribution < 1.29 is 17.5 Å². The van der Waals surface area contributed by atoms with E-state index < -0.39 is 10.4 Å². The van der Waals surface area contributed by atoms with Crippen LogP contribution in [0.5, 0.6) is 0 Å². The standard InChI is InChI=1S/C17H18N.H2O4S/c1-13-17(2,3)15-11-7-8-12-16(15)18(13)14-9-5-4-6-10-14;1-5(2,3)4/h4-12H,1-3H3;(H2,1,2,3,4)/q+1;/p-1. The summed E-state index contributed by atoms with van der Waals surface area (Å²) in [6, 6.07) is 19.3. The Morgan fingerprint density at radius 2 is 1.48 bits per heavy atom. The van der Waals surface area contributed by atoms with Gasteiger partial charge in [0.1, 0.15) is 0 Å². The smallest absolute Gasteiger partial charge is 0.215 e. The lowest BCUT2D eigenvalue weighted by Gasteiger charge is -2.14. The summed E-state index contributed by atoms with van der Waals surface area (Å²) in [6.07, 6.45) is 0. The average Bonchev–Trinajstić information content (AvgIpc) is 2.66. The maximum atomic E-state index is 8.63. The monoisotopic (exact) mass is 333 g/mol. The van der Waals surface area contributed by atoms with Crippen molar-refractivity contribution in [2.75, 3.05) is 0 Å². The summed E-state index contributed by atoms with van der Waals surface area (Å²) >= 11 is 0. The van der Waals surface area contributed by atoms with Gasteiger partial charge < -0.3 is 4.55 Å². The maximum absolute atomic E-state index is 8.63. The van der Waals surface area contributed by atoms with E-state index in [1.165, 1.54) is 22.6 Å². The molecule has 0 amide bonds. The third kappa shape index (κ3) is 3.85. The Morgan fingerprint density at radius 1 is 1.00 bits per heavy atom. The minimum absolute atomic E-state index is 0.104. The summed E-state index contributed by atoms with van der Waals surface area (Å²) in [5, 5.41) is 0. The van der Waals surface area contributed by atoms with Gasteiger partial charge in [-0.15, -0.1) is 0 Å². The predicted octanol–water partition coefficient (Wildman–Crippen LogP) is 3.28. The largest absolute Gasteiger partial charge is 0.726 e. The van der Waals surface area contributed by atoms with Gasteiger partial charge >= 0.3 is 0 Å². The molecule has 1 heterocycles. The molecule has 2 aromatic carbocycles. The van der Waals surface area contributed by atoms with E-state index >= 15 is 0 Å². The molecule has 122 valence electrons. The molecule has 1 N–H and O–H groups in total. The fraction of sp³-hybridized carbons (Fsp3) is 0.235. The van der Waals surface area contributed by atoms with E-state index in [1.807, 2.05) is 0 Å². The topological polar surface area (TPSA) is 80.4 Å². The van der Waals surface area contributed by atoms with E-state index in [9.17, 15) is 0 Å². The molecule has 1 aliphatic heterocycles. The van der Waals surface area contributed by atoms with Crippen LogP contribution in [-0.2, 0) is 15.8 Å². The molecule has 1 aliphatic rings. The molecule has 0 radical (unpaired) electrons. The van der Waals surface area contributed by atoms with Crippen LogP contribution in [0.4, 0.5) is 11.4 Å². The lowest BCUT2D eigenvalue weighted by atomic mass is 9.82.